The number of aromatic hydroxyl groups is 1. The van der Waals surface area contributed by atoms with Crippen molar-refractivity contribution in [3.8, 4) is 11.5 Å². The minimum atomic E-state index is -0.361. The van der Waals surface area contributed by atoms with Gasteiger partial charge in [0.2, 0.25) is 0 Å². The molecule has 0 aliphatic heterocycles. The highest BCUT2D eigenvalue weighted by Gasteiger charge is 2.04. The number of carbonyl (C=O) groups is 1. The van der Waals surface area contributed by atoms with E-state index in [0.717, 1.165) is 10.0 Å². The van der Waals surface area contributed by atoms with E-state index in [1.165, 1.54) is 30.5 Å². The molecule has 2 aromatic rings. The van der Waals surface area contributed by atoms with E-state index in [0.29, 0.717) is 11.3 Å². The Morgan fingerprint density at radius 3 is 2.67 bits per heavy atom. The third-order valence-electron chi connectivity index (χ3n) is 2.69. The van der Waals surface area contributed by atoms with E-state index in [4.69, 9.17) is 9.84 Å². The number of nitrogens with one attached hydrogen (secondary N) is 1. The van der Waals surface area contributed by atoms with Gasteiger partial charge >= 0.3 is 0 Å². The maximum Gasteiger partial charge on any atom is 0.271 e. The van der Waals surface area contributed by atoms with Gasteiger partial charge in [0.25, 0.3) is 5.91 Å². The van der Waals surface area contributed by atoms with Gasteiger partial charge in [-0.1, -0.05) is 15.9 Å². The van der Waals surface area contributed by atoms with Crippen molar-refractivity contribution in [2.24, 2.45) is 5.10 Å². The molecule has 0 radical (unpaired) electrons. The largest absolute Gasteiger partial charge is 0.508 e. The topological polar surface area (TPSA) is 70.9 Å². The van der Waals surface area contributed by atoms with Gasteiger partial charge in [0.1, 0.15) is 11.5 Å². The summed E-state index contributed by atoms with van der Waals surface area (Å²) < 4.78 is 6.09. The van der Waals surface area contributed by atoms with Gasteiger partial charge in [0, 0.05) is 15.6 Å². The SMILES string of the molecule is COc1ccc(Br)cc1/C=N/NC(=O)c1ccc(O)cc1. The number of ether oxygens (including phenoxy) is 1. The Labute approximate surface area is 130 Å². The number of hydrazone groups is 1. The zero-order valence-electron chi connectivity index (χ0n) is 11.2. The average Bonchev–Trinajstić information content (AvgIpc) is 2.48. The lowest BCUT2D eigenvalue weighted by Gasteiger charge is -2.04. The number of phenolic OH excluding ortho intramolecular Hbond substituents is 1. The van der Waals surface area contributed by atoms with Crippen LogP contribution in [0.3, 0.4) is 0 Å². The first-order chi connectivity index (χ1) is 10.1. The van der Waals surface area contributed by atoms with E-state index in [1.807, 2.05) is 12.1 Å². The molecule has 1 amide bonds. The summed E-state index contributed by atoms with van der Waals surface area (Å²) in [6, 6.07) is 11.4. The molecule has 2 N–H and O–H groups in total. The van der Waals surface area contributed by atoms with Crippen LogP contribution in [0.2, 0.25) is 0 Å². The molecule has 0 unspecified atom stereocenters. The van der Waals surface area contributed by atoms with Crippen LogP contribution in [0.4, 0.5) is 0 Å². The molecule has 0 heterocycles. The summed E-state index contributed by atoms with van der Waals surface area (Å²) in [5.41, 5.74) is 3.56. The van der Waals surface area contributed by atoms with Crippen molar-refractivity contribution in [2.75, 3.05) is 7.11 Å². The van der Waals surface area contributed by atoms with Crippen molar-refractivity contribution in [3.63, 3.8) is 0 Å². The zero-order valence-corrected chi connectivity index (χ0v) is 12.8. The average molecular weight is 349 g/mol. The number of amides is 1. The van der Waals surface area contributed by atoms with Crippen molar-refractivity contribution in [2.45, 2.75) is 0 Å². The molecule has 6 heteroatoms. The fourth-order valence-electron chi connectivity index (χ4n) is 1.64. The Hall–Kier alpha value is -2.34. The maximum absolute atomic E-state index is 11.8. The second kappa shape index (κ2) is 6.90. The predicted molar refractivity (Wildman–Crippen MR) is 83.9 cm³/mol. The third kappa shape index (κ3) is 4.06. The van der Waals surface area contributed by atoms with Crippen LogP contribution in [0.5, 0.6) is 11.5 Å². The van der Waals surface area contributed by atoms with Gasteiger partial charge in [0.05, 0.1) is 13.3 Å². The lowest BCUT2D eigenvalue weighted by molar-refractivity contribution is 0.0955. The molecule has 108 valence electrons. The van der Waals surface area contributed by atoms with Crippen molar-refractivity contribution < 1.29 is 14.6 Å². The molecule has 2 rings (SSSR count). The molecule has 0 aliphatic rings. The molecular weight excluding hydrogens is 336 g/mol. The van der Waals surface area contributed by atoms with Gasteiger partial charge in [-0.15, -0.1) is 0 Å². The van der Waals surface area contributed by atoms with E-state index in [9.17, 15) is 4.79 Å². The molecule has 0 spiro atoms. The summed E-state index contributed by atoms with van der Waals surface area (Å²) in [6.07, 6.45) is 1.50. The molecule has 0 saturated heterocycles. The van der Waals surface area contributed by atoms with Gasteiger partial charge in [-0.05, 0) is 42.5 Å². The van der Waals surface area contributed by atoms with Gasteiger partial charge in [0.15, 0.2) is 0 Å². The number of carbonyl (C=O) groups excluding carboxylic acids is 1. The fraction of sp³-hybridized carbons (Fsp3) is 0.0667. The van der Waals surface area contributed by atoms with Gasteiger partial charge in [-0.2, -0.15) is 5.10 Å². The highest BCUT2D eigenvalue weighted by atomic mass is 79.9. The van der Waals surface area contributed by atoms with Crippen LogP contribution < -0.4 is 10.2 Å². The Bertz CT molecular complexity index is 669. The van der Waals surface area contributed by atoms with E-state index >= 15 is 0 Å². The van der Waals surface area contributed by atoms with Crippen molar-refractivity contribution in [1.82, 2.24) is 5.43 Å². The van der Waals surface area contributed by atoms with Crippen LogP contribution in [0.1, 0.15) is 15.9 Å². The predicted octanol–water partition coefficient (Wildman–Crippen LogP) is 2.93. The summed E-state index contributed by atoms with van der Waals surface area (Å²) in [6.45, 7) is 0. The minimum Gasteiger partial charge on any atom is -0.508 e. The molecular formula is C15H13BrN2O3. The third-order valence-corrected chi connectivity index (χ3v) is 3.18. The minimum absolute atomic E-state index is 0.105. The Balaban J connectivity index is 2.07. The maximum atomic E-state index is 11.8. The first-order valence-electron chi connectivity index (χ1n) is 6.06. The van der Waals surface area contributed by atoms with E-state index in [1.54, 1.807) is 13.2 Å². The lowest BCUT2D eigenvalue weighted by Crippen LogP contribution is -2.17. The normalized spacial score (nSPS) is 10.6. The zero-order chi connectivity index (χ0) is 15.2. The van der Waals surface area contributed by atoms with Gasteiger partial charge in [-0.25, -0.2) is 5.43 Å². The van der Waals surface area contributed by atoms with E-state index < -0.39 is 0 Å². The first-order valence-corrected chi connectivity index (χ1v) is 6.85. The molecule has 0 atom stereocenters. The van der Waals surface area contributed by atoms with Crippen LogP contribution >= 0.6 is 15.9 Å². The van der Waals surface area contributed by atoms with Gasteiger partial charge in [-0.3, -0.25) is 4.79 Å². The van der Waals surface area contributed by atoms with Crippen molar-refractivity contribution in [3.05, 3.63) is 58.1 Å². The van der Waals surface area contributed by atoms with Gasteiger partial charge < -0.3 is 9.84 Å². The Morgan fingerprint density at radius 1 is 1.29 bits per heavy atom. The Morgan fingerprint density at radius 2 is 2.00 bits per heavy atom. The first kappa shape index (κ1) is 15.1. The number of halogens is 1. The van der Waals surface area contributed by atoms with E-state index in [2.05, 4.69) is 26.5 Å². The van der Waals surface area contributed by atoms with Crippen LogP contribution in [0.25, 0.3) is 0 Å². The van der Waals surface area contributed by atoms with Crippen LogP contribution in [0.15, 0.2) is 52.0 Å². The summed E-state index contributed by atoms with van der Waals surface area (Å²) in [5.74, 6) is 0.398. The molecule has 21 heavy (non-hydrogen) atoms. The molecule has 5 nitrogen and oxygen atoms in total. The number of nitrogens with zero attached hydrogens (tertiary/aromatic N) is 1. The fourth-order valence-corrected chi connectivity index (χ4v) is 2.02. The molecule has 0 fully saturated rings. The smallest absolute Gasteiger partial charge is 0.271 e. The molecule has 0 saturated carbocycles. The molecule has 2 aromatic carbocycles. The number of methoxy groups -OCH3 is 1. The van der Waals surface area contributed by atoms with Crippen LogP contribution in [-0.4, -0.2) is 24.3 Å². The summed E-state index contributed by atoms with van der Waals surface area (Å²) >= 11 is 3.36. The molecule has 0 bridgehead atoms. The standard InChI is InChI=1S/C15H13BrN2O3/c1-21-14-7-4-12(16)8-11(14)9-17-18-15(20)10-2-5-13(19)6-3-10/h2-9,19H,1H3,(H,18,20)/b17-9+. The number of rotatable bonds is 4. The summed E-state index contributed by atoms with van der Waals surface area (Å²) in [5, 5.41) is 13.1. The van der Waals surface area contributed by atoms with Crippen molar-refractivity contribution >= 4 is 28.1 Å². The second-order valence-corrected chi connectivity index (χ2v) is 5.05. The highest BCUT2D eigenvalue weighted by molar-refractivity contribution is 9.10. The van der Waals surface area contributed by atoms with Crippen molar-refractivity contribution in [1.29, 1.82) is 0 Å². The van der Waals surface area contributed by atoms with Crippen LogP contribution in [0, 0.1) is 0 Å². The number of benzene rings is 2. The summed E-state index contributed by atoms with van der Waals surface area (Å²) in [7, 11) is 1.57. The highest BCUT2D eigenvalue weighted by Crippen LogP contribution is 2.21. The Kier molecular flexibility index (Phi) is 4.94. The monoisotopic (exact) mass is 348 g/mol. The number of hydrogen-bond acceptors (Lipinski definition) is 4. The van der Waals surface area contributed by atoms with Crippen LogP contribution in [-0.2, 0) is 0 Å². The lowest BCUT2D eigenvalue weighted by atomic mass is 10.2. The number of hydrogen-bond donors (Lipinski definition) is 2. The summed E-state index contributed by atoms with van der Waals surface area (Å²) in [4.78, 5) is 11.8. The second-order valence-electron chi connectivity index (χ2n) is 4.13. The quantitative estimate of drug-likeness (QED) is 0.659. The molecule has 0 aromatic heterocycles. The van der Waals surface area contributed by atoms with E-state index in [-0.39, 0.29) is 11.7 Å². The molecule has 0 aliphatic carbocycles. The number of phenols is 1.